The maximum atomic E-state index is 13.0. The molecule has 0 aliphatic carbocycles. The summed E-state index contributed by atoms with van der Waals surface area (Å²) in [5, 5.41) is 11.8. The number of rotatable bonds is 7. The normalized spacial score (nSPS) is 16.2. The van der Waals surface area contributed by atoms with Crippen LogP contribution in [0.15, 0.2) is 53.4 Å². The van der Waals surface area contributed by atoms with Gasteiger partial charge in [0.15, 0.2) is 0 Å². The van der Waals surface area contributed by atoms with Crippen LogP contribution in [0.4, 0.5) is 0 Å². The second-order valence-corrected chi connectivity index (χ2v) is 7.86. The average molecular weight is 429 g/mol. The summed E-state index contributed by atoms with van der Waals surface area (Å²) >= 11 is 6.36. The van der Waals surface area contributed by atoms with E-state index in [4.69, 9.17) is 21.7 Å². The van der Waals surface area contributed by atoms with E-state index < -0.39 is 17.9 Å². The third-order valence-electron chi connectivity index (χ3n) is 4.41. The number of carboxylic acid groups (broad SMARTS) is 1. The van der Waals surface area contributed by atoms with Crippen LogP contribution in [-0.4, -0.2) is 41.4 Å². The fraction of sp³-hybridized carbons (Fsp3) is 0.190. The maximum Gasteiger partial charge on any atom is 0.266 e. The van der Waals surface area contributed by atoms with Crippen LogP contribution in [0.2, 0.25) is 0 Å². The van der Waals surface area contributed by atoms with Crippen molar-refractivity contribution in [3.8, 4) is 11.5 Å². The lowest BCUT2D eigenvalue weighted by Crippen LogP contribution is -2.51. The van der Waals surface area contributed by atoms with Gasteiger partial charge < -0.3 is 19.4 Å². The minimum absolute atomic E-state index is 0.106. The van der Waals surface area contributed by atoms with E-state index in [0.717, 1.165) is 22.2 Å². The molecule has 8 heteroatoms. The number of carbonyl (C=O) groups excluding carboxylic acids is 2. The van der Waals surface area contributed by atoms with Crippen molar-refractivity contribution in [1.82, 2.24) is 4.90 Å². The molecule has 6 nitrogen and oxygen atoms in total. The monoisotopic (exact) mass is 428 g/mol. The zero-order chi connectivity index (χ0) is 21.0. The fourth-order valence-electron chi connectivity index (χ4n) is 2.94. The van der Waals surface area contributed by atoms with Crippen molar-refractivity contribution in [1.29, 1.82) is 0 Å². The molecule has 3 rings (SSSR count). The first-order valence-electron chi connectivity index (χ1n) is 8.68. The van der Waals surface area contributed by atoms with Gasteiger partial charge in [-0.05, 0) is 30.2 Å². The largest absolute Gasteiger partial charge is 0.548 e. The minimum Gasteiger partial charge on any atom is -0.548 e. The molecule has 1 amide bonds. The molecule has 1 aliphatic heterocycles. The molecule has 0 saturated carbocycles. The van der Waals surface area contributed by atoms with E-state index in [1.807, 2.05) is 18.2 Å². The summed E-state index contributed by atoms with van der Waals surface area (Å²) in [7, 11) is 3.07. The summed E-state index contributed by atoms with van der Waals surface area (Å²) in [5.41, 5.74) is 1.43. The number of thiocarbonyl (C=S) groups is 1. The fourth-order valence-corrected chi connectivity index (χ4v) is 4.29. The van der Waals surface area contributed by atoms with Gasteiger partial charge in [-0.2, -0.15) is 0 Å². The van der Waals surface area contributed by atoms with Crippen LogP contribution < -0.4 is 14.6 Å². The molecule has 29 heavy (non-hydrogen) atoms. The Morgan fingerprint density at radius 2 is 1.93 bits per heavy atom. The molecule has 150 valence electrons. The molecule has 1 heterocycles. The smallest absolute Gasteiger partial charge is 0.266 e. The van der Waals surface area contributed by atoms with Crippen LogP contribution in [-0.2, 0) is 16.0 Å². The number of benzene rings is 2. The van der Waals surface area contributed by atoms with Crippen molar-refractivity contribution in [3.63, 3.8) is 0 Å². The van der Waals surface area contributed by atoms with Crippen molar-refractivity contribution < 1.29 is 24.2 Å². The first-order chi connectivity index (χ1) is 13.9. The summed E-state index contributed by atoms with van der Waals surface area (Å²) in [6.07, 6.45) is 1.74. The topological polar surface area (TPSA) is 78.9 Å². The number of aliphatic carboxylic acids is 1. The van der Waals surface area contributed by atoms with Crippen LogP contribution in [0, 0.1) is 0 Å². The Hall–Kier alpha value is -2.84. The molecule has 0 spiro atoms. The quantitative estimate of drug-likeness (QED) is 0.494. The summed E-state index contributed by atoms with van der Waals surface area (Å²) in [5.74, 6) is -0.682. The Kier molecular flexibility index (Phi) is 6.56. The second kappa shape index (κ2) is 9.11. The standard InChI is InChI=1S/C21H19NO5S2/c1-26-15-9-8-14(17(12-15)27-2)11-18-19(23)22(21(28)29-18)16(20(24)25)10-13-6-4-3-5-7-13/h3-9,11-12,16H,10H2,1-2H3,(H,24,25)/p-1/b18-11+/t16-/m0/s1. The van der Waals surface area contributed by atoms with E-state index in [1.165, 1.54) is 7.11 Å². The number of amides is 1. The molecule has 1 atom stereocenters. The first-order valence-corrected chi connectivity index (χ1v) is 9.91. The van der Waals surface area contributed by atoms with Gasteiger partial charge in [-0.1, -0.05) is 54.3 Å². The highest BCUT2D eigenvalue weighted by Gasteiger charge is 2.38. The van der Waals surface area contributed by atoms with Gasteiger partial charge in [0.2, 0.25) is 0 Å². The highest BCUT2D eigenvalue weighted by atomic mass is 32.2. The molecule has 1 aliphatic rings. The third-order valence-corrected chi connectivity index (χ3v) is 5.74. The highest BCUT2D eigenvalue weighted by molar-refractivity contribution is 8.26. The molecule has 1 fully saturated rings. The number of nitrogens with zero attached hydrogens (tertiary/aromatic N) is 1. The SMILES string of the molecule is COc1ccc(/C=C2/SC(=S)N([C@@H](Cc3ccccc3)C(=O)[O-])C2=O)c(OC)c1. The van der Waals surface area contributed by atoms with Gasteiger partial charge in [0.1, 0.15) is 15.8 Å². The van der Waals surface area contributed by atoms with Crippen molar-refractivity contribution in [2.75, 3.05) is 14.2 Å². The van der Waals surface area contributed by atoms with Gasteiger partial charge in [0.25, 0.3) is 5.91 Å². The first kappa shape index (κ1) is 20.9. The molecule has 2 aromatic rings. The molecule has 0 unspecified atom stereocenters. The average Bonchev–Trinajstić information content (AvgIpc) is 3.00. The Morgan fingerprint density at radius 1 is 1.21 bits per heavy atom. The predicted octanol–water partition coefficient (Wildman–Crippen LogP) is 2.27. The minimum atomic E-state index is -1.35. The Labute approximate surface area is 178 Å². The predicted molar refractivity (Wildman–Crippen MR) is 113 cm³/mol. The van der Waals surface area contributed by atoms with E-state index >= 15 is 0 Å². The van der Waals surface area contributed by atoms with Gasteiger partial charge in [-0.3, -0.25) is 9.69 Å². The summed E-state index contributed by atoms with van der Waals surface area (Å²) in [6.45, 7) is 0. The Bertz CT molecular complexity index is 974. The number of ether oxygens (including phenoxy) is 2. The van der Waals surface area contributed by atoms with Crippen LogP contribution in [0.5, 0.6) is 11.5 Å². The van der Waals surface area contributed by atoms with Crippen LogP contribution in [0.3, 0.4) is 0 Å². The number of carbonyl (C=O) groups is 2. The molecule has 0 bridgehead atoms. The molecule has 0 radical (unpaired) electrons. The lowest BCUT2D eigenvalue weighted by atomic mass is 10.0. The van der Waals surface area contributed by atoms with Gasteiger partial charge in [-0.15, -0.1) is 0 Å². The zero-order valence-corrected chi connectivity index (χ0v) is 17.4. The molecule has 0 aromatic heterocycles. The van der Waals surface area contributed by atoms with Gasteiger partial charge in [0.05, 0.1) is 31.1 Å². The second-order valence-electron chi connectivity index (χ2n) is 6.18. The van der Waals surface area contributed by atoms with E-state index in [0.29, 0.717) is 22.0 Å². The lowest BCUT2D eigenvalue weighted by Gasteiger charge is -2.27. The van der Waals surface area contributed by atoms with Crippen molar-refractivity contribution in [2.45, 2.75) is 12.5 Å². The van der Waals surface area contributed by atoms with Crippen molar-refractivity contribution in [3.05, 3.63) is 64.6 Å². The number of hydrogen-bond acceptors (Lipinski definition) is 7. The Morgan fingerprint density at radius 3 is 2.55 bits per heavy atom. The summed E-state index contributed by atoms with van der Waals surface area (Å²) < 4.78 is 10.7. The number of thioether (sulfide) groups is 1. The number of carboxylic acids is 1. The number of methoxy groups -OCH3 is 2. The van der Waals surface area contributed by atoms with Gasteiger partial charge in [-0.25, -0.2) is 0 Å². The molecule has 2 aromatic carbocycles. The summed E-state index contributed by atoms with van der Waals surface area (Å²) in [6, 6.07) is 13.1. The van der Waals surface area contributed by atoms with Gasteiger partial charge >= 0.3 is 0 Å². The third kappa shape index (κ3) is 4.60. The van der Waals surface area contributed by atoms with Crippen LogP contribution >= 0.6 is 24.0 Å². The van der Waals surface area contributed by atoms with Crippen molar-refractivity contribution in [2.24, 2.45) is 0 Å². The molecular formula is C21H18NO5S2-. The Balaban J connectivity index is 1.90. The zero-order valence-electron chi connectivity index (χ0n) is 15.8. The van der Waals surface area contributed by atoms with E-state index in [9.17, 15) is 14.7 Å². The van der Waals surface area contributed by atoms with Crippen LogP contribution in [0.25, 0.3) is 6.08 Å². The summed E-state index contributed by atoms with van der Waals surface area (Å²) in [4.78, 5) is 26.2. The molecule has 1 saturated heterocycles. The molecular weight excluding hydrogens is 410 g/mol. The van der Waals surface area contributed by atoms with E-state index in [2.05, 4.69) is 0 Å². The van der Waals surface area contributed by atoms with Crippen LogP contribution in [0.1, 0.15) is 11.1 Å². The number of hydrogen-bond donors (Lipinski definition) is 0. The molecule has 0 N–H and O–H groups in total. The van der Waals surface area contributed by atoms with Crippen molar-refractivity contribution >= 4 is 46.3 Å². The highest BCUT2D eigenvalue weighted by Crippen LogP contribution is 2.36. The maximum absolute atomic E-state index is 13.0. The van der Waals surface area contributed by atoms with Gasteiger partial charge in [0, 0.05) is 11.6 Å². The van der Waals surface area contributed by atoms with E-state index in [-0.39, 0.29) is 10.7 Å². The van der Waals surface area contributed by atoms with E-state index in [1.54, 1.807) is 43.5 Å². The lowest BCUT2D eigenvalue weighted by molar-refractivity contribution is -0.310.